The molecule has 16 heavy (non-hydrogen) atoms. The quantitative estimate of drug-likeness (QED) is 0.880. The first kappa shape index (κ1) is 13.1. The van der Waals surface area contributed by atoms with E-state index < -0.39 is 17.5 Å². The van der Waals surface area contributed by atoms with Gasteiger partial charge in [-0.2, -0.15) is 13.2 Å². The van der Waals surface area contributed by atoms with Crippen LogP contribution in [0.5, 0.6) is 5.75 Å². The van der Waals surface area contributed by atoms with Crippen LogP contribution in [0.4, 0.5) is 13.2 Å². The highest BCUT2D eigenvalue weighted by Gasteiger charge is 2.31. The van der Waals surface area contributed by atoms with E-state index >= 15 is 0 Å². The zero-order chi connectivity index (χ0) is 12.3. The molecule has 1 rings (SSSR count). The molecule has 3 N–H and O–H groups in total. The molecule has 2 nitrogen and oxygen atoms in total. The Balaban J connectivity index is 3.23. The zero-order valence-electron chi connectivity index (χ0n) is 8.05. The Morgan fingerprint density at radius 1 is 1.38 bits per heavy atom. The summed E-state index contributed by atoms with van der Waals surface area (Å²) in [6.07, 6.45) is -1.48. The van der Waals surface area contributed by atoms with Crippen LogP contribution < -0.4 is 5.73 Å². The molecule has 0 bridgehead atoms. The molecule has 0 unspecified atom stereocenters. The highest BCUT2D eigenvalue weighted by Crippen LogP contribution is 2.37. The van der Waals surface area contributed by atoms with Gasteiger partial charge in [-0.1, -0.05) is 28.1 Å². The van der Waals surface area contributed by atoms with E-state index in [-0.39, 0.29) is 16.6 Å². The van der Waals surface area contributed by atoms with Gasteiger partial charge in [0.25, 0.3) is 0 Å². The van der Waals surface area contributed by atoms with E-state index in [9.17, 15) is 18.3 Å². The van der Waals surface area contributed by atoms with Gasteiger partial charge in [0.1, 0.15) is 5.75 Å². The third kappa shape index (κ3) is 2.99. The molecule has 1 aromatic rings. The van der Waals surface area contributed by atoms with Crippen molar-refractivity contribution in [1.29, 1.82) is 0 Å². The van der Waals surface area contributed by atoms with Gasteiger partial charge in [-0.3, -0.25) is 0 Å². The lowest BCUT2D eigenvalue weighted by molar-refractivity contribution is -0.137. The van der Waals surface area contributed by atoms with Gasteiger partial charge in [0, 0.05) is 16.6 Å². The Kier molecular flexibility index (Phi) is 3.98. The summed E-state index contributed by atoms with van der Waals surface area (Å²) in [6, 6.07) is 1.59. The summed E-state index contributed by atoms with van der Waals surface area (Å²) >= 11 is 2.97. The Labute approximate surface area is 98.7 Å². The first-order valence-electron chi connectivity index (χ1n) is 4.32. The van der Waals surface area contributed by atoms with Gasteiger partial charge in [-0.05, 0) is 12.1 Å². The molecule has 0 amide bonds. The van der Waals surface area contributed by atoms with Gasteiger partial charge >= 0.3 is 6.18 Å². The first-order chi connectivity index (χ1) is 7.36. The molecule has 6 heteroatoms. The van der Waals surface area contributed by atoms with Crippen LogP contribution in [0.2, 0.25) is 0 Å². The van der Waals surface area contributed by atoms with Crippen molar-refractivity contribution in [2.75, 3.05) is 6.54 Å². The van der Waals surface area contributed by atoms with Gasteiger partial charge in [-0.25, -0.2) is 0 Å². The first-order valence-corrected chi connectivity index (χ1v) is 5.12. The predicted molar refractivity (Wildman–Crippen MR) is 58.9 cm³/mol. The second-order valence-electron chi connectivity index (χ2n) is 3.03. The molecule has 0 radical (unpaired) electrons. The minimum atomic E-state index is -4.48. The number of benzene rings is 1. The average molecular weight is 296 g/mol. The molecule has 0 aromatic heterocycles. The molecule has 1 aromatic carbocycles. The molecule has 0 heterocycles. The summed E-state index contributed by atoms with van der Waals surface area (Å²) in [4.78, 5) is 0. The average Bonchev–Trinajstić information content (AvgIpc) is 2.15. The van der Waals surface area contributed by atoms with Crippen molar-refractivity contribution in [3.05, 3.63) is 33.8 Å². The maximum Gasteiger partial charge on any atom is 0.416 e. The van der Waals surface area contributed by atoms with Crippen molar-refractivity contribution in [2.24, 2.45) is 5.73 Å². The topological polar surface area (TPSA) is 46.2 Å². The maximum atomic E-state index is 12.4. The lowest BCUT2D eigenvalue weighted by atomic mass is 10.1. The van der Waals surface area contributed by atoms with E-state index in [0.717, 1.165) is 6.07 Å². The highest BCUT2D eigenvalue weighted by atomic mass is 79.9. The van der Waals surface area contributed by atoms with Crippen molar-refractivity contribution in [3.8, 4) is 5.75 Å². The number of rotatable bonds is 2. The summed E-state index contributed by atoms with van der Waals surface area (Å²) in [7, 11) is 0. The smallest absolute Gasteiger partial charge is 0.416 e. The van der Waals surface area contributed by atoms with E-state index in [1.54, 1.807) is 0 Å². The lowest BCUT2D eigenvalue weighted by Crippen LogP contribution is -2.05. The minimum Gasteiger partial charge on any atom is -0.507 e. The molecule has 0 saturated carbocycles. The van der Waals surface area contributed by atoms with Crippen LogP contribution in [0.3, 0.4) is 0 Å². The normalized spacial score (nSPS) is 12.3. The summed E-state index contributed by atoms with van der Waals surface area (Å²) < 4.78 is 37.3. The number of aromatic hydroxyl groups is 1. The maximum absolute atomic E-state index is 12.4. The minimum absolute atomic E-state index is 0.171. The van der Waals surface area contributed by atoms with Crippen LogP contribution in [-0.2, 0) is 6.18 Å². The van der Waals surface area contributed by atoms with Gasteiger partial charge in [0.2, 0.25) is 0 Å². The van der Waals surface area contributed by atoms with Crippen molar-refractivity contribution >= 4 is 22.0 Å². The molecule has 0 saturated heterocycles. The molecule has 0 fully saturated rings. The Morgan fingerprint density at radius 2 is 2.00 bits per heavy atom. The number of phenols is 1. The third-order valence-electron chi connectivity index (χ3n) is 1.86. The van der Waals surface area contributed by atoms with Crippen LogP contribution in [0.25, 0.3) is 6.08 Å². The number of phenolic OH excluding ortho intramolecular Hbond substituents is 1. The SMILES string of the molecule is NC/C=C/c1c(O)cc(C(F)(F)F)cc1Br. The Morgan fingerprint density at radius 3 is 2.44 bits per heavy atom. The van der Waals surface area contributed by atoms with Gasteiger partial charge < -0.3 is 10.8 Å². The van der Waals surface area contributed by atoms with Crippen molar-refractivity contribution in [2.45, 2.75) is 6.18 Å². The molecular formula is C10H9BrF3NO. The number of alkyl halides is 3. The van der Waals surface area contributed by atoms with Crippen molar-refractivity contribution in [1.82, 2.24) is 0 Å². The van der Waals surface area contributed by atoms with E-state index in [4.69, 9.17) is 5.73 Å². The summed E-state index contributed by atoms with van der Waals surface area (Å²) in [6.45, 7) is 0.243. The standard InChI is InChI=1S/C10H9BrF3NO/c11-8-4-6(10(12,13)14)5-9(16)7(8)2-1-3-15/h1-2,4-5,16H,3,15H2/b2-1+. The fourth-order valence-electron chi connectivity index (χ4n) is 1.12. The summed E-state index contributed by atoms with van der Waals surface area (Å²) in [5.41, 5.74) is 4.59. The molecule has 88 valence electrons. The van der Waals surface area contributed by atoms with E-state index in [1.165, 1.54) is 12.2 Å². The molecule has 0 aliphatic carbocycles. The largest absolute Gasteiger partial charge is 0.507 e. The monoisotopic (exact) mass is 295 g/mol. The summed E-state index contributed by atoms with van der Waals surface area (Å²) in [5, 5.41) is 9.44. The third-order valence-corrected chi connectivity index (χ3v) is 2.51. The van der Waals surface area contributed by atoms with Gasteiger partial charge in [0.05, 0.1) is 5.56 Å². The number of hydrogen-bond acceptors (Lipinski definition) is 2. The highest BCUT2D eigenvalue weighted by molar-refractivity contribution is 9.10. The molecule has 0 aliphatic heterocycles. The second kappa shape index (κ2) is 4.88. The summed E-state index contributed by atoms with van der Waals surface area (Å²) in [5.74, 6) is -0.439. The molecule has 0 spiro atoms. The molecule has 0 aliphatic rings. The lowest BCUT2D eigenvalue weighted by Gasteiger charge is -2.10. The van der Waals surface area contributed by atoms with Crippen molar-refractivity contribution < 1.29 is 18.3 Å². The van der Waals surface area contributed by atoms with Crippen LogP contribution >= 0.6 is 15.9 Å². The molecular weight excluding hydrogens is 287 g/mol. The van der Waals surface area contributed by atoms with Crippen molar-refractivity contribution in [3.63, 3.8) is 0 Å². The van der Waals surface area contributed by atoms with E-state index in [0.29, 0.717) is 6.07 Å². The Bertz CT molecular complexity index is 392. The molecule has 0 atom stereocenters. The fourth-order valence-corrected chi connectivity index (χ4v) is 1.70. The number of nitrogens with two attached hydrogens (primary N) is 1. The number of hydrogen-bond donors (Lipinski definition) is 2. The van der Waals surface area contributed by atoms with Crippen LogP contribution in [0, 0.1) is 0 Å². The fraction of sp³-hybridized carbons (Fsp3) is 0.200. The second-order valence-corrected chi connectivity index (χ2v) is 3.88. The van der Waals surface area contributed by atoms with Crippen LogP contribution in [-0.4, -0.2) is 11.7 Å². The van der Waals surface area contributed by atoms with E-state index in [1.807, 2.05) is 0 Å². The predicted octanol–water partition coefficient (Wildman–Crippen LogP) is 3.15. The van der Waals surface area contributed by atoms with Gasteiger partial charge in [-0.15, -0.1) is 0 Å². The zero-order valence-corrected chi connectivity index (χ0v) is 9.64. The van der Waals surface area contributed by atoms with Crippen LogP contribution in [0.15, 0.2) is 22.7 Å². The number of halogens is 4. The van der Waals surface area contributed by atoms with Crippen LogP contribution in [0.1, 0.15) is 11.1 Å². The van der Waals surface area contributed by atoms with E-state index in [2.05, 4.69) is 15.9 Å². The Hall–Kier alpha value is -1.01. The van der Waals surface area contributed by atoms with Gasteiger partial charge in [0.15, 0.2) is 0 Å².